The number of unbranched alkanes of at least 4 members (excludes halogenated alkanes) is 8. The quantitative estimate of drug-likeness (QED) is 0.470. The Morgan fingerprint density at radius 2 is 1.25 bits per heavy atom. The maximum absolute atomic E-state index is 10.6. The van der Waals surface area contributed by atoms with Gasteiger partial charge in [0, 0.05) is 0 Å². The Hall–Kier alpha value is -0.570. The van der Waals surface area contributed by atoms with E-state index in [1.54, 1.807) is 0 Å². The third-order valence-corrected chi connectivity index (χ3v) is 3.76. The molecule has 1 amide bonds. The van der Waals surface area contributed by atoms with E-state index in [9.17, 15) is 9.90 Å². The van der Waals surface area contributed by atoms with Crippen LogP contribution in [0.15, 0.2) is 0 Å². The zero-order valence-electron chi connectivity index (χ0n) is 13.6. The van der Waals surface area contributed by atoms with Crippen molar-refractivity contribution < 1.29 is 9.90 Å². The van der Waals surface area contributed by atoms with Crippen LogP contribution in [0.25, 0.3) is 0 Å². The lowest BCUT2D eigenvalue weighted by Gasteiger charge is -2.07. The molecule has 0 aromatic heterocycles. The molecule has 120 valence electrons. The van der Waals surface area contributed by atoms with Crippen LogP contribution in [0.1, 0.15) is 90.9 Å². The molecule has 3 heteroatoms. The lowest BCUT2D eigenvalue weighted by Crippen LogP contribution is -2.19. The van der Waals surface area contributed by atoms with Gasteiger partial charge in [0.25, 0.3) is 0 Å². The monoisotopic (exact) mass is 285 g/mol. The van der Waals surface area contributed by atoms with E-state index in [-0.39, 0.29) is 6.42 Å². The average molecular weight is 285 g/mol. The molecular weight excluding hydrogens is 250 g/mol. The molecule has 20 heavy (non-hydrogen) atoms. The van der Waals surface area contributed by atoms with Crippen molar-refractivity contribution in [1.29, 1.82) is 0 Å². The summed E-state index contributed by atoms with van der Waals surface area (Å²) < 4.78 is 0. The number of primary amides is 1. The van der Waals surface area contributed by atoms with Gasteiger partial charge in [-0.2, -0.15) is 0 Å². The lowest BCUT2D eigenvalue weighted by atomic mass is 10.0. The minimum absolute atomic E-state index is 0.108. The summed E-state index contributed by atoms with van der Waals surface area (Å²) in [6.45, 7) is 4.58. The van der Waals surface area contributed by atoms with Crippen molar-refractivity contribution in [2.75, 3.05) is 0 Å². The second-order valence-electron chi connectivity index (χ2n) is 6.48. The van der Waals surface area contributed by atoms with E-state index in [1.165, 1.54) is 51.4 Å². The van der Waals surface area contributed by atoms with Crippen LogP contribution in [0.3, 0.4) is 0 Å². The normalized spacial score (nSPS) is 12.8. The Labute approximate surface area is 125 Å². The van der Waals surface area contributed by atoms with Gasteiger partial charge in [0.05, 0.1) is 12.5 Å². The van der Waals surface area contributed by atoms with Gasteiger partial charge in [0.1, 0.15) is 0 Å². The second-order valence-corrected chi connectivity index (χ2v) is 6.48. The van der Waals surface area contributed by atoms with Crippen molar-refractivity contribution in [3.8, 4) is 0 Å². The van der Waals surface area contributed by atoms with Gasteiger partial charge >= 0.3 is 0 Å². The molecule has 0 bridgehead atoms. The molecule has 0 aromatic rings. The maximum Gasteiger partial charge on any atom is 0.220 e. The van der Waals surface area contributed by atoms with Crippen LogP contribution in [0.2, 0.25) is 0 Å². The molecule has 0 saturated carbocycles. The lowest BCUT2D eigenvalue weighted by molar-refractivity contribution is -0.119. The number of hydrogen-bond donors (Lipinski definition) is 2. The Morgan fingerprint density at radius 3 is 1.65 bits per heavy atom. The van der Waals surface area contributed by atoms with Crippen molar-refractivity contribution >= 4 is 5.91 Å². The predicted molar refractivity (Wildman–Crippen MR) is 85.4 cm³/mol. The molecule has 0 aliphatic rings. The van der Waals surface area contributed by atoms with E-state index in [0.29, 0.717) is 6.42 Å². The average Bonchev–Trinajstić information content (AvgIpc) is 2.34. The summed E-state index contributed by atoms with van der Waals surface area (Å²) in [6, 6.07) is 0. The van der Waals surface area contributed by atoms with Crippen LogP contribution in [0.4, 0.5) is 0 Å². The van der Waals surface area contributed by atoms with Gasteiger partial charge in [-0.15, -0.1) is 0 Å². The fraction of sp³-hybridized carbons (Fsp3) is 0.941. The first-order chi connectivity index (χ1) is 9.52. The molecule has 0 saturated heterocycles. The molecule has 3 nitrogen and oxygen atoms in total. The SMILES string of the molecule is CC(C)CCCCCCCCCCC[C@H](O)CC(N)=O. The fourth-order valence-corrected chi connectivity index (χ4v) is 2.50. The van der Waals surface area contributed by atoms with Crippen molar-refractivity contribution in [3.05, 3.63) is 0 Å². The summed E-state index contributed by atoms with van der Waals surface area (Å²) in [6.07, 6.45) is 13.2. The Balaban J connectivity index is 3.11. The minimum Gasteiger partial charge on any atom is -0.393 e. The first kappa shape index (κ1) is 19.4. The van der Waals surface area contributed by atoms with E-state index in [2.05, 4.69) is 13.8 Å². The number of hydrogen-bond acceptors (Lipinski definition) is 2. The number of carbonyl (C=O) groups excluding carboxylic acids is 1. The topological polar surface area (TPSA) is 63.3 Å². The number of aliphatic hydroxyl groups is 1. The van der Waals surface area contributed by atoms with Gasteiger partial charge in [-0.1, -0.05) is 78.1 Å². The standard InChI is InChI=1S/C17H35NO2/c1-15(2)12-10-8-6-4-3-5-7-9-11-13-16(19)14-17(18)20/h15-16,19H,3-14H2,1-2H3,(H2,18,20)/t16-/m0/s1. The zero-order chi connectivity index (χ0) is 15.2. The number of nitrogens with two attached hydrogens (primary N) is 1. The van der Waals surface area contributed by atoms with Crippen LogP contribution < -0.4 is 5.73 Å². The third-order valence-electron chi connectivity index (χ3n) is 3.76. The van der Waals surface area contributed by atoms with Gasteiger partial charge in [0.15, 0.2) is 0 Å². The molecule has 0 aliphatic heterocycles. The molecule has 0 heterocycles. The fourth-order valence-electron chi connectivity index (χ4n) is 2.50. The first-order valence-electron chi connectivity index (χ1n) is 8.48. The number of amides is 1. The molecule has 1 atom stereocenters. The third kappa shape index (κ3) is 15.5. The van der Waals surface area contributed by atoms with Gasteiger partial charge in [-0.3, -0.25) is 4.79 Å². The maximum atomic E-state index is 10.6. The van der Waals surface area contributed by atoms with Crippen LogP contribution >= 0.6 is 0 Å². The summed E-state index contributed by atoms with van der Waals surface area (Å²) in [5, 5.41) is 9.48. The summed E-state index contributed by atoms with van der Waals surface area (Å²) in [5.41, 5.74) is 5.03. The molecule has 0 unspecified atom stereocenters. The molecule has 0 rings (SSSR count). The van der Waals surface area contributed by atoms with Crippen LogP contribution in [-0.2, 0) is 4.79 Å². The molecule has 0 radical (unpaired) electrons. The van der Waals surface area contributed by atoms with E-state index in [4.69, 9.17) is 5.73 Å². The molecule has 0 aliphatic carbocycles. The summed E-state index contributed by atoms with van der Waals surface area (Å²) >= 11 is 0. The summed E-state index contributed by atoms with van der Waals surface area (Å²) in [5.74, 6) is 0.440. The Morgan fingerprint density at radius 1 is 0.850 bits per heavy atom. The summed E-state index contributed by atoms with van der Waals surface area (Å²) in [4.78, 5) is 10.6. The Bertz CT molecular complexity index is 229. The Kier molecular flexibility index (Phi) is 13.0. The molecule has 0 fully saturated rings. The van der Waals surface area contributed by atoms with Crippen LogP contribution in [0.5, 0.6) is 0 Å². The summed E-state index contributed by atoms with van der Waals surface area (Å²) in [7, 11) is 0. The van der Waals surface area contributed by atoms with E-state index in [0.717, 1.165) is 18.8 Å². The number of rotatable bonds is 14. The smallest absolute Gasteiger partial charge is 0.220 e. The van der Waals surface area contributed by atoms with Gasteiger partial charge in [-0.25, -0.2) is 0 Å². The highest BCUT2D eigenvalue weighted by atomic mass is 16.3. The van der Waals surface area contributed by atoms with Crippen LogP contribution in [0, 0.1) is 5.92 Å². The van der Waals surface area contributed by atoms with Gasteiger partial charge in [0.2, 0.25) is 5.91 Å². The molecule has 0 aromatic carbocycles. The number of carbonyl (C=O) groups is 1. The van der Waals surface area contributed by atoms with Crippen molar-refractivity contribution in [1.82, 2.24) is 0 Å². The van der Waals surface area contributed by atoms with E-state index in [1.807, 2.05) is 0 Å². The highest BCUT2D eigenvalue weighted by Crippen LogP contribution is 2.14. The number of aliphatic hydroxyl groups excluding tert-OH is 1. The minimum atomic E-state index is -0.534. The van der Waals surface area contributed by atoms with E-state index < -0.39 is 12.0 Å². The predicted octanol–water partition coefficient (Wildman–Crippen LogP) is 4.17. The van der Waals surface area contributed by atoms with Gasteiger partial charge in [-0.05, 0) is 12.3 Å². The van der Waals surface area contributed by atoms with E-state index >= 15 is 0 Å². The highest BCUT2D eigenvalue weighted by Gasteiger charge is 2.06. The molecule has 0 spiro atoms. The van der Waals surface area contributed by atoms with Crippen molar-refractivity contribution in [3.63, 3.8) is 0 Å². The van der Waals surface area contributed by atoms with Crippen molar-refractivity contribution in [2.45, 2.75) is 97.0 Å². The molecular formula is C17H35NO2. The highest BCUT2D eigenvalue weighted by molar-refractivity contribution is 5.74. The first-order valence-corrected chi connectivity index (χ1v) is 8.48. The van der Waals surface area contributed by atoms with Crippen LogP contribution in [-0.4, -0.2) is 17.1 Å². The van der Waals surface area contributed by atoms with Crippen molar-refractivity contribution in [2.24, 2.45) is 11.7 Å². The van der Waals surface area contributed by atoms with Gasteiger partial charge < -0.3 is 10.8 Å². The molecule has 3 N–H and O–H groups in total. The second kappa shape index (κ2) is 13.4. The zero-order valence-corrected chi connectivity index (χ0v) is 13.6. The largest absolute Gasteiger partial charge is 0.393 e.